The monoisotopic (exact) mass is 121 g/mol. The second kappa shape index (κ2) is 2.49. The van der Waals surface area contributed by atoms with Crippen LogP contribution in [0.3, 0.4) is 0 Å². The van der Waals surface area contributed by atoms with Crippen molar-refractivity contribution in [3.8, 4) is 0 Å². The van der Waals surface area contributed by atoms with Crippen molar-refractivity contribution in [2.75, 3.05) is 0 Å². The normalized spacial score (nSPS) is 10.0. The number of H-pyrrole nitrogens is 1. The van der Waals surface area contributed by atoms with Crippen LogP contribution in [-0.2, 0) is 0 Å². The van der Waals surface area contributed by atoms with Gasteiger partial charge < -0.3 is 4.98 Å². The molecule has 0 bridgehead atoms. The number of hydrogen-bond donors (Lipinski definition) is 1. The molecule has 0 aromatic carbocycles. The van der Waals surface area contributed by atoms with Crippen molar-refractivity contribution in [1.29, 1.82) is 0 Å². The smallest absolute Gasteiger partial charge is 0.117 e. The minimum Gasteiger partial charge on any atom is -0.348 e. The lowest BCUT2D eigenvalue weighted by Crippen LogP contribution is -1.90. The van der Waals surface area contributed by atoms with Crippen LogP contribution < -0.4 is 0 Å². The lowest BCUT2D eigenvalue weighted by molar-refractivity contribution is 1.07. The zero-order valence-electron chi connectivity index (χ0n) is 5.39. The lowest BCUT2D eigenvalue weighted by atomic mass is 10.2. The van der Waals surface area contributed by atoms with Gasteiger partial charge in [-0.25, -0.2) is 4.98 Å². The van der Waals surface area contributed by atoms with Crippen LogP contribution >= 0.6 is 0 Å². The molecule has 0 saturated heterocycles. The van der Waals surface area contributed by atoms with Crippen LogP contribution in [0.5, 0.6) is 0 Å². The first-order chi connectivity index (χ1) is 4.34. The van der Waals surface area contributed by atoms with Gasteiger partial charge in [-0.1, -0.05) is 6.08 Å². The van der Waals surface area contributed by atoms with Gasteiger partial charge in [0.05, 0.1) is 5.92 Å². The predicted molar refractivity (Wildman–Crippen MR) is 36.8 cm³/mol. The van der Waals surface area contributed by atoms with Gasteiger partial charge in [0.2, 0.25) is 0 Å². The molecule has 1 aromatic heterocycles. The summed E-state index contributed by atoms with van der Waals surface area (Å²) in [7, 11) is 0. The fourth-order valence-corrected chi connectivity index (χ4v) is 0.578. The van der Waals surface area contributed by atoms with Gasteiger partial charge >= 0.3 is 0 Å². The van der Waals surface area contributed by atoms with E-state index in [1.54, 1.807) is 18.5 Å². The minimum absolute atomic E-state index is 0.894. The van der Waals surface area contributed by atoms with Gasteiger partial charge in [-0.2, -0.15) is 0 Å². The van der Waals surface area contributed by atoms with Crippen LogP contribution in [0.2, 0.25) is 0 Å². The van der Waals surface area contributed by atoms with Crippen LogP contribution in [0.15, 0.2) is 25.0 Å². The summed E-state index contributed by atoms with van der Waals surface area (Å²) >= 11 is 0. The Hall–Kier alpha value is -1.05. The predicted octanol–water partition coefficient (Wildman–Crippen LogP) is 1.54. The molecule has 9 heavy (non-hydrogen) atoms. The Morgan fingerprint density at radius 1 is 1.89 bits per heavy atom. The van der Waals surface area contributed by atoms with Gasteiger partial charge in [-0.05, 0) is 6.92 Å². The average molecular weight is 121 g/mol. The molecule has 0 atom stereocenters. The minimum atomic E-state index is 0.894. The molecule has 0 aliphatic rings. The van der Waals surface area contributed by atoms with Crippen molar-refractivity contribution in [1.82, 2.24) is 9.97 Å². The van der Waals surface area contributed by atoms with Crippen LogP contribution in [0.4, 0.5) is 0 Å². The molecule has 0 spiro atoms. The van der Waals surface area contributed by atoms with E-state index >= 15 is 0 Å². The first-order valence-corrected chi connectivity index (χ1v) is 2.80. The van der Waals surface area contributed by atoms with Crippen molar-refractivity contribution in [3.05, 3.63) is 36.8 Å². The number of hydrogen-bond acceptors (Lipinski definition) is 1. The van der Waals surface area contributed by atoms with Gasteiger partial charge in [0.25, 0.3) is 0 Å². The van der Waals surface area contributed by atoms with Crippen LogP contribution in [0.25, 0.3) is 0 Å². The Morgan fingerprint density at radius 3 is 3.11 bits per heavy atom. The maximum atomic E-state index is 4.02. The van der Waals surface area contributed by atoms with Gasteiger partial charge in [0, 0.05) is 12.4 Å². The molecule has 0 saturated carbocycles. The fourth-order valence-electron chi connectivity index (χ4n) is 0.578. The third kappa shape index (κ3) is 1.19. The Balaban J connectivity index is 2.76. The molecule has 0 amide bonds. The fraction of sp³-hybridized carbons (Fsp3) is 0.143. The molecule has 2 heteroatoms. The average Bonchev–Trinajstić information content (AvgIpc) is 2.37. The molecule has 0 aliphatic carbocycles. The molecule has 1 N–H and O–H groups in total. The number of aromatic amines is 1. The van der Waals surface area contributed by atoms with E-state index in [-0.39, 0.29) is 0 Å². The maximum absolute atomic E-state index is 4.02. The van der Waals surface area contributed by atoms with E-state index in [9.17, 15) is 0 Å². The molecule has 1 heterocycles. The molecule has 2 nitrogen and oxygen atoms in total. The summed E-state index contributed by atoms with van der Waals surface area (Å²) in [6.07, 6.45) is 5.30. The number of nitrogens with zero attached hydrogens (tertiary/aromatic N) is 1. The zero-order chi connectivity index (χ0) is 6.69. The largest absolute Gasteiger partial charge is 0.348 e. The van der Waals surface area contributed by atoms with Crippen molar-refractivity contribution < 1.29 is 0 Å². The summed E-state index contributed by atoms with van der Waals surface area (Å²) in [5.41, 5.74) is 0. The zero-order valence-corrected chi connectivity index (χ0v) is 5.39. The molecule has 0 fully saturated rings. The van der Waals surface area contributed by atoms with E-state index in [4.69, 9.17) is 0 Å². The summed E-state index contributed by atoms with van der Waals surface area (Å²) < 4.78 is 0. The quantitative estimate of drug-likeness (QED) is 0.631. The van der Waals surface area contributed by atoms with E-state index in [0.717, 1.165) is 11.7 Å². The van der Waals surface area contributed by atoms with Crippen molar-refractivity contribution in [2.24, 2.45) is 0 Å². The van der Waals surface area contributed by atoms with Crippen LogP contribution in [0, 0.1) is 5.92 Å². The highest BCUT2D eigenvalue weighted by molar-refractivity contribution is 5.21. The lowest BCUT2D eigenvalue weighted by Gasteiger charge is -1.96. The molecule has 1 radical (unpaired) electrons. The summed E-state index contributed by atoms with van der Waals surface area (Å²) in [6.45, 7) is 5.58. The van der Waals surface area contributed by atoms with E-state index in [1.807, 2.05) is 6.92 Å². The third-order valence-electron chi connectivity index (χ3n) is 1.18. The van der Waals surface area contributed by atoms with E-state index < -0.39 is 0 Å². The Labute approximate surface area is 54.6 Å². The molecule has 0 unspecified atom stereocenters. The number of rotatable bonds is 2. The second-order valence-corrected chi connectivity index (χ2v) is 1.82. The highest BCUT2D eigenvalue weighted by atomic mass is 14.9. The molecule has 1 aromatic rings. The first-order valence-electron chi connectivity index (χ1n) is 2.80. The SMILES string of the molecule is C=C[C](C)c1ncc[nH]1. The summed E-state index contributed by atoms with van der Waals surface area (Å²) in [5.74, 6) is 1.96. The molecular weight excluding hydrogens is 112 g/mol. The van der Waals surface area contributed by atoms with Gasteiger partial charge in [-0.3, -0.25) is 0 Å². The molecular formula is C7H9N2. The molecule has 1 rings (SSSR count). The standard InChI is InChI=1S/C7H9N2/c1-3-6(2)7-8-4-5-9-7/h3-5H,1H2,2H3,(H,8,9). The summed E-state index contributed by atoms with van der Waals surface area (Å²) in [4.78, 5) is 6.99. The third-order valence-corrected chi connectivity index (χ3v) is 1.18. The second-order valence-electron chi connectivity index (χ2n) is 1.82. The van der Waals surface area contributed by atoms with E-state index in [2.05, 4.69) is 16.5 Å². The van der Waals surface area contributed by atoms with Crippen LogP contribution in [-0.4, -0.2) is 9.97 Å². The van der Waals surface area contributed by atoms with E-state index in [0.29, 0.717) is 0 Å². The molecule has 0 aliphatic heterocycles. The van der Waals surface area contributed by atoms with Gasteiger partial charge in [-0.15, -0.1) is 6.58 Å². The Bertz CT molecular complexity index is 177. The van der Waals surface area contributed by atoms with Crippen molar-refractivity contribution in [3.63, 3.8) is 0 Å². The van der Waals surface area contributed by atoms with Gasteiger partial charge in [0.1, 0.15) is 5.82 Å². The Morgan fingerprint density at radius 2 is 2.67 bits per heavy atom. The van der Waals surface area contributed by atoms with Gasteiger partial charge in [0.15, 0.2) is 0 Å². The van der Waals surface area contributed by atoms with Crippen molar-refractivity contribution in [2.45, 2.75) is 6.92 Å². The number of allylic oxidation sites excluding steroid dienone is 1. The highest BCUT2D eigenvalue weighted by Gasteiger charge is 2.00. The first kappa shape index (κ1) is 6.08. The number of nitrogens with one attached hydrogen (secondary N) is 1. The summed E-state index contributed by atoms with van der Waals surface area (Å²) in [6, 6.07) is 0. The molecule has 47 valence electrons. The van der Waals surface area contributed by atoms with Crippen molar-refractivity contribution >= 4 is 0 Å². The van der Waals surface area contributed by atoms with E-state index in [1.165, 1.54) is 0 Å². The topological polar surface area (TPSA) is 28.7 Å². The Kier molecular flexibility index (Phi) is 1.68. The highest BCUT2D eigenvalue weighted by Crippen LogP contribution is 2.07. The number of imidazole rings is 1. The number of aromatic nitrogens is 2. The summed E-state index contributed by atoms with van der Waals surface area (Å²) in [5, 5.41) is 0. The maximum Gasteiger partial charge on any atom is 0.117 e. The van der Waals surface area contributed by atoms with Crippen LogP contribution in [0.1, 0.15) is 12.7 Å².